The molecule has 1 aliphatic carbocycles. The van der Waals surface area contributed by atoms with Gasteiger partial charge in [0, 0.05) is 16.8 Å². The Bertz CT molecular complexity index is 1870. The summed E-state index contributed by atoms with van der Waals surface area (Å²) >= 11 is 1.66. The van der Waals surface area contributed by atoms with Gasteiger partial charge in [0.2, 0.25) is 5.88 Å². The minimum atomic E-state index is 0.800. The van der Waals surface area contributed by atoms with Crippen molar-refractivity contribution in [2.24, 2.45) is 0 Å². The molecule has 0 N–H and O–H groups in total. The van der Waals surface area contributed by atoms with Gasteiger partial charge in [0.1, 0.15) is 0 Å². The Labute approximate surface area is 199 Å². The molecule has 0 radical (unpaired) electrons. The fraction of sp³-hybridized carbons (Fsp3) is 0.0333. The predicted octanol–water partition coefficient (Wildman–Crippen LogP) is 8.22. The smallest absolute Gasteiger partial charge is 0.205 e. The number of para-hydroxylation sites is 2. The van der Waals surface area contributed by atoms with Gasteiger partial charge in [-0.15, -0.1) is 11.3 Å². The van der Waals surface area contributed by atoms with Gasteiger partial charge < -0.3 is 4.42 Å². The molecule has 0 bridgehead atoms. The van der Waals surface area contributed by atoms with Crippen molar-refractivity contribution in [1.82, 2.24) is 9.55 Å². The topological polar surface area (TPSA) is 31.0 Å². The van der Waals surface area contributed by atoms with Crippen molar-refractivity contribution in [2.75, 3.05) is 0 Å². The highest BCUT2D eigenvalue weighted by atomic mass is 32.1. The van der Waals surface area contributed by atoms with E-state index in [9.17, 15) is 0 Å². The van der Waals surface area contributed by atoms with Gasteiger partial charge in [-0.3, -0.25) is 4.57 Å². The number of benzene rings is 4. The first-order valence-electron chi connectivity index (χ1n) is 11.4. The van der Waals surface area contributed by atoms with Crippen LogP contribution in [0.4, 0.5) is 0 Å². The molecule has 4 heteroatoms. The third-order valence-electron chi connectivity index (χ3n) is 6.90. The van der Waals surface area contributed by atoms with Crippen molar-refractivity contribution in [3.63, 3.8) is 0 Å². The summed E-state index contributed by atoms with van der Waals surface area (Å²) in [6, 6.07) is 34.4. The average molecular weight is 455 g/mol. The van der Waals surface area contributed by atoms with Crippen molar-refractivity contribution < 1.29 is 4.42 Å². The number of fused-ring (bicyclic) bond motifs is 7. The average Bonchev–Trinajstić information content (AvgIpc) is 3.64. The quantitative estimate of drug-likeness (QED) is 0.263. The van der Waals surface area contributed by atoms with Crippen LogP contribution in [0.25, 0.3) is 59.8 Å². The molecule has 3 heterocycles. The van der Waals surface area contributed by atoms with Gasteiger partial charge in [0.15, 0.2) is 10.8 Å². The molecule has 0 atom stereocenters. The van der Waals surface area contributed by atoms with Crippen LogP contribution in [0.5, 0.6) is 0 Å². The molecule has 3 aromatic heterocycles. The van der Waals surface area contributed by atoms with Crippen molar-refractivity contribution in [1.29, 1.82) is 0 Å². The number of rotatable bonds is 2. The van der Waals surface area contributed by atoms with Gasteiger partial charge in [-0.1, -0.05) is 54.6 Å². The molecule has 1 aliphatic rings. The molecule has 7 aromatic rings. The Kier molecular flexibility index (Phi) is 3.60. The van der Waals surface area contributed by atoms with Gasteiger partial charge in [-0.05, 0) is 65.1 Å². The van der Waals surface area contributed by atoms with Crippen molar-refractivity contribution >= 4 is 43.4 Å². The largest absolute Gasteiger partial charge is 0.437 e. The number of furan rings is 1. The van der Waals surface area contributed by atoms with E-state index >= 15 is 0 Å². The van der Waals surface area contributed by atoms with Crippen molar-refractivity contribution in [2.45, 2.75) is 6.42 Å². The molecule has 3 nitrogen and oxygen atoms in total. The Morgan fingerprint density at radius 1 is 0.706 bits per heavy atom. The Balaban J connectivity index is 1.37. The molecule has 0 spiro atoms. The van der Waals surface area contributed by atoms with E-state index in [1.807, 2.05) is 24.3 Å². The fourth-order valence-corrected chi connectivity index (χ4v) is 6.30. The normalized spacial score (nSPS) is 12.6. The van der Waals surface area contributed by atoms with E-state index in [0.717, 1.165) is 34.1 Å². The number of hydrogen-bond acceptors (Lipinski definition) is 3. The van der Waals surface area contributed by atoms with E-state index < -0.39 is 0 Å². The molecule has 0 aliphatic heterocycles. The van der Waals surface area contributed by atoms with Crippen LogP contribution < -0.4 is 0 Å². The van der Waals surface area contributed by atoms with Gasteiger partial charge in [0.05, 0.1) is 21.3 Å². The summed E-state index contributed by atoms with van der Waals surface area (Å²) < 4.78 is 9.88. The maximum absolute atomic E-state index is 6.46. The van der Waals surface area contributed by atoms with Gasteiger partial charge >= 0.3 is 0 Å². The minimum absolute atomic E-state index is 0.800. The standard InChI is InChI=1S/C30H18N2OS/c1-2-8-20-18(7-1)15-19-16-23-21-9-3-5-11-25(21)32(26(23)17-22(19)20)29-14-13-27(33-29)30-31-24-10-4-6-12-28(24)34-30/h1-14,16-17H,15H2. The summed E-state index contributed by atoms with van der Waals surface area (Å²) in [4.78, 5) is 4.79. The van der Waals surface area contributed by atoms with Crippen LogP contribution in [0.2, 0.25) is 0 Å². The first kappa shape index (κ1) is 18.3. The number of aromatic nitrogens is 2. The predicted molar refractivity (Wildman–Crippen MR) is 140 cm³/mol. The first-order chi connectivity index (χ1) is 16.8. The highest BCUT2D eigenvalue weighted by Gasteiger charge is 2.23. The molecule has 160 valence electrons. The molecule has 8 rings (SSSR count). The molecule has 0 unspecified atom stereocenters. The van der Waals surface area contributed by atoms with Gasteiger partial charge in [-0.2, -0.15) is 0 Å². The van der Waals surface area contributed by atoms with E-state index in [1.165, 1.54) is 43.2 Å². The summed E-state index contributed by atoms with van der Waals surface area (Å²) in [5.41, 5.74) is 8.78. The molecular formula is C30H18N2OS. The fourth-order valence-electron chi connectivity index (χ4n) is 5.38. The number of nitrogens with zero attached hydrogens (tertiary/aromatic N) is 2. The van der Waals surface area contributed by atoms with Gasteiger partial charge in [-0.25, -0.2) is 4.98 Å². The second-order valence-electron chi connectivity index (χ2n) is 8.84. The second-order valence-corrected chi connectivity index (χ2v) is 9.87. The molecule has 0 saturated carbocycles. The maximum atomic E-state index is 6.46. The van der Waals surface area contributed by atoms with Crippen LogP contribution in [0.3, 0.4) is 0 Å². The Morgan fingerprint density at radius 3 is 2.53 bits per heavy atom. The lowest BCUT2D eigenvalue weighted by molar-refractivity contribution is 0.560. The van der Waals surface area contributed by atoms with E-state index in [-0.39, 0.29) is 0 Å². The summed E-state index contributed by atoms with van der Waals surface area (Å²) in [7, 11) is 0. The maximum Gasteiger partial charge on any atom is 0.205 e. The molecule has 0 saturated heterocycles. The van der Waals surface area contributed by atoms with Crippen LogP contribution in [0.15, 0.2) is 101 Å². The summed E-state index contributed by atoms with van der Waals surface area (Å²) in [5, 5.41) is 3.41. The van der Waals surface area contributed by atoms with E-state index in [1.54, 1.807) is 11.3 Å². The molecule has 0 fully saturated rings. The minimum Gasteiger partial charge on any atom is -0.437 e. The van der Waals surface area contributed by atoms with Crippen LogP contribution >= 0.6 is 11.3 Å². The monoisotopic (exact) mass is 454 g/mol. The lowest BCUT2D eigenvalue weighted by Gasteiger charge is -2.06. The molecule has 0 amide bonds. The SMILES string of the molecule is c1ccc2c(c1)Cc1cc3c4ccccc4n(-c4ccc(-c5nc6ccccc6s5)o4)c3cc1-2. The van der Waals surface area contributed by atoms with Crippen molar-refractivity contribution in [3.05, 3.63) is 108 Å². The third kappa shape index (κ3) is 2.49. The van der Waals surface area contributed by atoms with Gasteiger partial charge in [0.25, 0.3) is 0 Å². The summed E-state index contributed by atoms with van der Waals surface area (Å²) in [6.45, 7) is 0. The number of thiazole rings is 1. The molecule has 34 heavy (non-hydrogen) atoms. The second kappa shape index (κ2) is 6.69. The van der Waals surface area contributed by atoms with E-state index in [2.05, 4.69) is 77.4 Å². The van der Waals surface area contributed by atoms with Crippen LogP contribution in [-0.4, -0.2) is 9.55 Å². The zero-order valence-corrected chi connectivity index (χ0v) is 19.0. The Morgan fingerprint density at radius 2 is 1.56 bits per heavy atom. The van der Waals surface area contributed by atoms with Crippen molar-refractivity contribution in [3.8, 4) is 27.8 Å². The third-order valence-corrected chi connectivity index (χ3v) is 7.95. The first-order valence-corrected chi connectivity index (χ1v) is 12.3. The van der Waals surface area contributed by atoms with Crippen LogP contribution in [0, 0.1) is 0 Å². The van der Waals surface area contributed by atoms with Crippen LogP contribution in [0.1, 0.15) is 11.1 Å². The zero-order chi connectivity index (χ0) is 22.2. The molecule has 4 aromatic carbocycles. The van der Waals surface area contributed by atoms with Crippen LogP contribution in [-0.2, 0) is 6.42 Å². The number of hydrogen-bond donors (Lipinski definition) is 0. The zero-order valence-electron chi connectivity index (χ0n) is 18.2. The molecular weight excluding hydrogens is 436 g/mol. The lowest BCUT2D eigenvalue weighted by atomic mass is 10.0. The lowest BCUT2D eigenvalue weighted by Crippen LogP contribution is -1.92. The highest BCUT2D eigenvalue weighted by Crippen LogP contribution is 2.42. The summed E-state index contributed by atoms with van der Waals surface area (Å²) in [6.07, 6.45) is 0.990. The van der Waals surface area contributed by atoms with E-state index in [4.69, 9.17) is 9.40 Å². The van der Waals surface area contributed by atoms with E-state index in [0.29, 0.717) is 0 Å². The Hall–Kier alpha value is -4.15. The summed E-state index contributed by atoms with van der Waals surface area (Å²) in [5.74, 6) is 1.61. The highest BCUT2D eigenvalue weighted by molar-refractivity contribution is 7.21.